The number of hydrogen-bond donors (Lipinski definition) is 0. The summed E-state index contributed by atoms with van der Waals surface area (Å²) in [5.74, 6) is 2.31. The first-order valence-corrected chi connectivity index (χ1v) is 4.69. The van der Waals surface area contributed by atoms with E-state index in [-0.39, 0.29) is 17.8 Å². The number of furan rings is 1. The molecule has 0 radical (unpaired) electrons. The minimum atomic E-state index is -0.454. The summed E-state index contributed by atoms with van der Waals surface area (Å²) in [5.41, 5.74) is -0.197. The average molecular weight is 206 g/mol. The Hall–Kier alpha value is -1.69. The van der Waals surface area contributed by atoms with Crippen LogP contribution in [0.15, 0.2) is 22.8 Å². The van der Waals surface area contributed by atoms with Crippen molar-refractivity contribution >= 4 is 5.97 Å². The Bertz CT molecular complexity index is 355. The van der Waals surface area contributed by atoms with Crippen molar-refractivity contribution in [1.82, 2.24) is 0 Å². The van der Waals surface area contributed by atoms with Crippen LogP contribution in [0.4, 0.5) is 0 Å². The summed E-state index contributed by atoms with van der Waals surface area (Å²) in [7, 11) is 0. The molecule has 80 valence electrons. The van der Waals surface area contributed by atoms with Crippen molar-refractivity contribution in [3.05, 3.63) is 24.2 Å². The molecule has 0 saturated carbocycles. The van der Waals surface area contributed by atoms with Crippen LogP contribution in [0.2, 0.25) is 0 Å². The van der Waals surface area contributed by atoms with Crippen LogP contribution in [0.1, 0.15) is 30.8 Å². The molecule has 0 atom stereocenters. The third-order valence-electron chi connectivity index (χ3n) is 1.90. The molecule has 0 aliphatic carbocycles. The summed E-state index contributed by atoms with van der Waals surface area (Å²) in [5, 5.41) is 0. The fraction of sp³-hybridized carbons (Fsp3) is 0.417. The molecule has 0 aliphatic rings. The van der Waals surface area contributed by atoms with Crippen molar-refractivity contribution in [3.63, 3.8) is 0 Å². The van der Waals surface area contributed by atoms with E-state index in [1.165, 1.54) is 6.26 Å². The van der Waals surface area contributed by atoms with E-state index in [2.05, 4.69) is 5.92 Å². The minimum Gasteiger partial charge on any atom is -0.459 e. The Morgan fingerprint density at radius 1 is 1.67 bits per heavy atom. The molecule has 1 heterocycles. The van der Waals surface area contributed by atoms with Crippen molar-refractivity contribution in [2.24, 2.45) is 5.41 Å². The molecule has 15 heavy (non-hydrogen) atoms. The van der Waals surface area contributed by atoms with Gasteiger partial charge in [-0.05, 0) is 12.1 Å². The molecule has 1 rings (SSSR count). The fourth-order valence-electron chi connectivity index (χ4n) is 1.05. The van der Waals surface area contributed by atoms with Gasteiger partial charge in [-0.25, -0.2) is 4.79 Å². The van der Waals surface area contributed by atoms with E-state index in [0.29, 0.717) is 6.42 Å². The fourth-order valence-corrected chi connectivity index (χ4v) is 1.05. The summed E-state index contributed by atoms with van der Waals surface area (Å²) in [6.07, 6.45) is 7.21. The maximum Gasteiger partial charge on any atom is 0.374 e. The summed E-state index contributed by atoms with van der Waals surface area (Å²) in [4.78, 5) is 11.4. The van der Waals surface area contributed by atoms with Gasteiger partial charge in [-0.3, -0.25) is 0 Å². The van der Waals surface area contributed by atoms with Gasteiger partial charge in [0.25, 0.3) is 0 Å². The standard InChI is InChI=1S/C12H14O3/c1-4-7-12(2,3)9-15-11(13)10-6-5-8-14-10/h1,5-6,8H,7,9H2,2-3H3. The molecule has 0 bridgehead atoms. The van der Waals surface area contributed by atoms with Gasteiger partial charge >= 0.3 is 5.97 Å². The highest BCUT2D eigenvalue weighted by Gasteiger charge is 2.20. The molecule has 0 aliphatic heterocycles. The first kappa shape index (κ1) is 11.4. The molecule has 3 heteroatoms. The predicted octanol–water partition coefficient (Wildman–Crippen LogP) is 2.49. The maximum absolute atomic E-state index is 11.4. The van der Waals surface area contributed by atoms with Crippen LogP contribution in [0.25, 0.3) is 0 Å². The second-order valence-electron chi connectivity index (χ2n) is 4.10. The van der Waals surface area contributed by atoms with Crippen LogP contribution < -0.4 is 0 Å². The first-order valence-electron chi connectivity index (χ1n) is 4.69. The van der Waals surface area contributed by atoms with Crippen molar-refractivity contribution in [2.45, 2.75) is 20.3 Å². The lowest BCUT2D eigenvalue weighted by molar-refractivity contribution is 0.0314. The minimum absolute atomic E-state index is 0.197. The topological polar surface area (TPSA) is 39.4 Å². The van der Waals surface area contributed by atoms with E-state index < -0.39 is 5.97 Å². The lowest BCUT2D eigenvalue weighted by Crippen LogP contribution is -2.21. The summed E-state index contributed by atoms with van der Waals surface area (Å²) in [6.45, 7) is 4.18. The van der Waals surface area contributed by atoms with E-state index in [1.54, 1.807) is 12.1 Å². The van der Waals surface area contributed by atoms with Crippen molar-refractivity contribution in [2.75, 3.05) is 6.61 Å². The molecular formula is C12H14O3. The third kappa shape index (κ3) is 3.51. The van der Waals surface area contributed by atoms with Gasteiger partial charge in [-0.15, -0.1) is 12.3 Å². The Morgan fingerprint density at radius 3 is 2.93 bits per heavy atom. The number of ether oxygens (including phenoxy) is 1. The zero-order valence-electron chi connectivity index (χ0n) is 8.95. The van der Waals surface area contributed by atoms with E-state index in [4.69, 9.17) is 15.6 Å². The normalized spacial score (nSPS) is 10.7. The Morgan fingerprint density at radius 2 is 2.40 bits per heavy atom. The quantitative estimate of drug-likeness (QED) is 0.561. The van der Waals surface area contributed by atoms with Crippen LogP contribution in [-0.4, -0.2) is 12.6 Å². The highest BCUT2D eigenvalue weighted by atomic mass is 16.5. The van der Waals surface area contributed by atoms with E-state index in [0.717, 1.165) is 0 Å². The zero-order chi connectivity index (χ0) is 11.3. The SMILES string of the molecule is C#CCC(C)(C)COC(=O)c1ccco1. The molecule has 0 N–H and O–H groups in total. The highest BCUT2D eigenvalue weighted by molar-refractivity contribution is 5.86. The Balaban J connectivity index is 2.45. The van der Waals surface area contributed by atoms with Gasteiger partial charge in [0.15, 0.2) is 0 Å². The third-order valence-corrected chi connectivity index (χ3v) is 1.90. The van der Waals surface area contributed by atoms with E-state index in [1.807, 2.05) is 13.8 Å². The molecule has 0 aromatic carbocycles. The number of carbonyl (C=O) groups is 1. The van der Waals surface area contributed by atoms with Gasteiger partial charge in [-0.1, -0.05) is 13.8 Å². The van der Waals surface area contributed by atoms with Crippen LogP contribution in [0.5, 0.6) is 0 Å². The molecule has 1 aromatic rings. The van der Waals surface area contributed by atoms with Gasteiger partial charge in [0.1, 0.15) is 0 Å². The van der Waals surface area contributed by atoms with Gasteiger partial charge < -0.3 is 9.15 Å². The summed E-state index contributed by atoms with van der Waals surface area (Å²) >= 11 is 0. The second kappa shape index (κ2) is 4.70. The van der Waals surface area contributed by atoms with Gasteiger partial charge in [0, 0.05) is 11.8 Å². The Labute approximate surface area is 89.4 Å². The van der Waals surface area contributed by atoms with Crippen LogP contribution in [0, 0.1) is 17.8 Å². The predicted molar refractivity (Wildman–Crippen MR) is 56.2 cm³/mol. The molecule has 0 unspecified atom stereocenters. The lowest BCUT2D eigenvalue weighted by Gasteiger charge is -2.20. The van der Waals surface area contributed by atoms with Crippen LogP contribution in [-0.2, 0) is 4.74 Å². The van der Waals surface area contributed by atoms with E-state index in [9.17, 15) is 4.79 Å². The maximum atomic E-state index is 11.4. The Kier molecular flexibility index (Phi) is 3.56. The lowest BCUT2D eigenvalue weighted by atomic mass is 9.91. The first-order chi connectivity index (χ1) is 7.05. The number of terminal acetylenes is 1. The molecule has 0 spiro atoms. The smallest absolute Gasteiger partial charge is 0.374 e. The number of esters is 1. The zero-order valence-corrected chi connectivity index (χ0v) is 8.95. The number of rotatable bonds is 4. The van der Waals surface area contributed by atoms with Gasteiger partial charge in [-0.2, -0.15) is 0 Å². The molecule has 0 amide bonds. The van der Waals surface area contributed by atoms with Gasteiger partial charge in [0.2, 0.25) is 5.76 Å². The van der Waals surface area contributed by atoms with Gasteiger partial charge in [0.05, 0.1) is 12.9 Å². The second-order valence-corrected chi connectivity index (χ2v) is 4.10. The molecule has 3 nitrogen and oxygen atoms in total. The average Bonchev–Trinajstić information content (AvgIpc) is 2.67. The molecule has 0 fully saturated rings. The largest absolute Gasteiger partial charge is 0.459 e. The highest BCUT2D eigenvalue weighted by Crippen LogP contribution is 2.20. The van der Waals surface area contributed by atoms with Crippen LogP contribution >= 0.6 is 0 Å². The number of hydrogen-bond acceptors (Lipinski definition) is 3. The molecule has 1 aromatic heterocycles. The van der Waals surface area contributed by atoms with E-state index >= 15 is 0 Å². The summed E-state index contributed by atoms with van der Waals surface area (Å²) < 4.78 is 9.98. The summed E-state index contributed by atoms with van der Waals surface area (Å²) in [6, 6.07) is 3.21. The van der Waals surface area contributed by atoms with Crippen molar-refractivity contribution in [3.8, 4) is 12.3 Å². The molecule has 0 saturated heterocycles. The molecular weight excluding hydrogens is 192 g/mol. The van der Waals surface area contributed by atoms with Crippen molar-refractivity contribution < 1.29 is 13.9 Å². The number of carbonyl (C=O) groups excluding carboxylic acids is 1. The van der Waals surface area contributed by atoms with Crippen molar-refractivity contribution in [1.29, 1.82) is 0 Å². The monoisotopic (exact) mass is 206 g/mol. The van der Waals surface area contributed by atoms with Crippen LogP contribution in [0.3, 0.4) is 0 Å².